The second kappa shape index (κ2) is 36.4. The summed E-state index contributed by atoms with van der Waals surface area (Å²) in [5.74, 6) is -0.837. The van der Waals surface area contributed by atoms with E-state index >= 15 is 0 Å². The maximum absolute atomic E-state index is 10.7. The Morgan fingerprint density at radius 3 is 0.690 bits per heavy atom. The Balaban J connectivity index is 3.06. The van der Waals surface area contributed by atoms with Crippen LogP contribution in [-0.2, 0) is 4.79 Å². The van der Waals surface area contributed by atoms with E-state index in [1.165, 1.54) is 212 Å². The molecule has 0 aliphatic rings. The topological polar surface area (TPSA) is 37.3 Å². The van der Waals surface area contributed by atoms with Crippen LogP contribution in [0.5, 0.6) is 0 Å². The molecule has 250 valence electrons. The molecule has 0 amide bonds. The summed E-state index contributed by atoms with van der Waals surface area (Å²) in [7, 11) is 0. The number of carboxylic acids is 1. The number of carbonyl (C=O) groups is 1. The van der Waals surface area contributed by atoms with Gasteiger partial charge in [0.05, 0.1) is 0 Å². The van der Waals surface area contributed by atoms with Gasteiger partial charge in [0, 0.05) is 5.57 Å². The molecule has 0 aromatic heterocycles. The molecule has 0 radical (unpaired) electrons. The molecule has 0 spiro atoms. The highest BCUT2D eigenvalue weighted by Crippen LogP contribution is 2.17. The van der Waals surface area contributed by atoms with Crippen molar-refractivity contribution in [2.75, 3.05) is 0 Å². The van der Waals surface area contributed by atoms with E-state index in [1.54, 1.807) is 0 Å². The van der Waals surface area contributed by atoms with Crippen LogP contribution in [0.4, 0.5) is 0 Å². The first-order valence-corrected chi connectivity index (χ1v) is 19.6. The lowest BCUT2D eigenvalue weighted by Crippen LogP contribution is -1.98. The lowest BCUT2D eigenvalue weighted by molar-refractivity contribution is -0.132. The minimum absolute atomic E-state index is 0.362. The van der Waals surface area contributed by atoms with E-state index in [1.807, 2.05) is 0 Å². The molecule has 0 saturated heterocycles. The van der Waals surface area contributed by atoms with Gasteiger partial charge in [0.15, 0.2) is 0 Å². The molecule has 0 heterocycles. The molecule has 1 N–H and O–H groups in total. The fourth-order valence-electron chi connectivity index (χ4n) is 6.35. The van der Waals surface area contributed by atoms with Crippen LogP contribution in [0.2, 0.25) is 0 Å². The highest BCUT2D eigenvalue weighted by Gasteiger charge is 2.02. The van der Waals surface area contributed by atoms with Crippen LogP contribution in [0.1, 0.15) is 238 Å². The van der Waals surface area contributed by atoms with Crippen molar-refractivity contribution < 1.29 is 9.90 Å². The molecule has 0 aromatic rings. The molecule has 0 unspecified atom stereocenters. The summed E-state index contributed by atoms with van der Waals surface area (Å²) in [6.45, 7) is 5.90. The van der Waals surface area contributed by atoms with Gasteiger partial charge >= 0.3 is 5.97 Å². The van der Waals surface area contributed by atoms with Crippen molar-refractivity contribution in [3.8, 4) is 0 Å². The second-order valence-electron chi connectivity index (χ2n) is 13.7. The Bertz CT molecular complexity index is 540. The van der Waals surface area contributed by atoms with Gasteiger partial charge in [0.1, 0.15) is 0 Å². The van der Waals surface area contributed by atoms with Crippen LogP contribution in [-0.4, -0.2) is 11.1 Å². The maximum Gasteiger partial charge on any atom is 0.330 e. The molecule has 0 rings (SSSR count). The minimum atomic E-state index is -0.837. The molecule has 42 heavy (non-hydrogen) atoms. The zero-order valence-corrected chi connectivity index (χ0v) is 29.0. The average molecular weight is 591 g/mol. The largest absolute Gasteiger partial charge is 0.478 e. The van der Waals surface area contributed by atoms with E-state index in [9.17, 15) is 4.79 Å². The Hall–Kier alpha value is -0.790. The minimum Gasteiger partial charge on any atom is -0.478 e. The molecule has 0 bridgehead atoms. The summed E-state index contributed by atoms with van der Waals surface area (Å²) in [4.78, 5) is 10.7. The SMILES string of the molecule is C=C(CCCCCCCCCCCCCCCCCCCCCCCCCCCCCCCCCCCCC)C(=O)O. The fourth-order valence-corrected chi connectivity index (χ4v) is 6.35. The van der Waals surface area contributed by atoms with Gasteiger partial charge in [-0.1, -0.05) is 232 Å². The summed E-state index contributed by atoms with van der Waals surface area (Å²) in [6.07, 6.45) is 50.4. The van der Waals surface area contributed by atoms with Crippen molar-refractivity contribution in [1.82, 2.24) is 0 Å². The van der Waals surface area contributed by atoms with Crippen LogP contribution < -0.4 is 0 Å². The fraction of sp³-hybridized carbons (Fsp3) is 0.925. The molecule has 0 atom stereocenters. The third-order valence-corrected chi connectivity index (χ3v) is 9.38. The molecule has 2 nitrogen and oxygen atoms in total. The van der Waals surface area contributed by atoms with E-state index in [-0.39, 0.29) is 0 Å². The normalized spacial score (nSPS) is 11.4. The molecule has 2 heteroatoms. The van der Waals surface area contributed by atoms with Crippen molar-refractivity contribution in [2.45, 2.75) is 238 Å². The van der Waals surface area contributed by atoms with Gasteiger partial charge in [-0.2, -0.15) is 0 Å². The van der Waals surface area contributed by atoms with E-state index in [4.69, 9.17) is 5.11 Å². The Labute approximate surface area is 265 Å². The van der Waals surface area contributed by atoms with Crippen LogP contribution >= 0.6 is 0 Å². The number of hydrogen-bond donors (Lipinski definition) is 1. The Kier molecular flexibility index (Phi) is 35.7. The average Bonchev–Trinajstić information content (AvgIpc) is 2.99. The summed E-state index contributed by atoms with van der Waals surface area (Å²) >= 11 is 0. The van der Waals surface area contributed by atoms with Gasteiger partial charge in [-0.05, 0) is 12.8 Å². The summed E-state index contributed by atoms with van der Waals surface area (Å²) < 4.78 is 0. The van der Waals surface area contributed by atoms with E-state index in [0.717, 1.165) is 12.8 Å². The first kappa shape index (κ1) is 41.2. The van der Waals surface area contributed by atoms with Crippen LogP contribution in [0.3, 0.4) is 0 Å². The van der Waals surface area contributed by atoms with Crippen LogP contribution in [0.15, 0.2) is 12.2 Å². The maximum atomic E-state index is 10.7. The molecule has 0 aromatic carbocycles. The van der Waals surface area contributed by atoms with Gasteiger partial charge in [-0.15, -0.1) is 0 Å². The van der Waals surface area contributed by atoms with Crippen molar-refractivity contribution in [1.29, 1.82) is 0 Å². The molecular formula is C40H78O2. The number of hydrogen-bond acceptors (Lipinski definition) is 1. The van der Waals surface area contributed by atoms with Gasteiger partial charge in [0.2, 0.25) is 0 Å². The monoisotopic (exact) mass is 591 g/mol. The molecule has 0 aliphatic carbocycles. The van der Waals surface area contributed by atoms with Crippen molar-refractivity contribution in [3.63, 3.8) is 0 Å². The molecule has 0 saturated carbocycles. The summed E-state index contributed by atoms with van der Waals surface area (Å²) in [6, 6.07) is 0. The van der Waals surface area contributed by atoms with Crippen molar-refractivity contribution >= 4 is 5.97 Å². The standard InChI is InChI=1S/C40H78O2/c1-3-4-5-6-7-8-9-10-11-12-13-14-15-16-17-18-19-20-21-22-23-24-25-26-27-28-29-30-31-32-33-34-35-36-37-38-39(2)40(41)42/h2-38H2,1H3,(H,41,42). The number of rotatable bonds is 37. The Morgan fingerprint density at radius 1 is 0.357 bits per heavy atom. The summed E-state index contributed by atoms with van der Waals surface area (Å²) in [5, 5.41) is 8.81. The van der Waals surface area contributed by atoms with Gasteiger partial charge < -0.3 is 5.11 Å². The smallest absolute Gasteiger partial charge is 0.330 e. The van der Waals surface area contributed by atoms with Crippen LogP contribution in [0, 0.1) is 0 Å². The molecule has 0 fully saturated rings. The molecular weight excluding hydrogens is 512 g/mol. The third-order valence-electron chi connectivity index (χ3n) is 9.38. The zero-order chi connectivity index (χ0) is 30.6. The van der Waals surface area contributed by atoms with Crippen LogP contribution in [0.25, 0.3) is 0 Å². The van der Waals surface area contributed by atoms with Gasteiger partial charge in [-0.25, -0.2) is 4.79 Å². The summed E-state index contributed by atoms with van der Waals surface area (Å²) in [5.41, 5.74) is 0.362. The predicted molar refractivity (Wildman–Crippen MR) is 189 cm³/mol. The quantitative estimate of drug-likeness (QED) is 0.0577. The van der Waals surface area contributed by atoms with Gasteiger partial charge in [-0.3, -0.25) is 0 Å². The highest BCUT2D eigenvalue weighted by atomic mass is 16.4. The Morgan fingerprint density at radius 2 is 0.524 bits per heavy atom. The predicted octanol–water partition coefficient (Wildman–Crippen LogP) is 14.7. The number of carboxylic acid groups (broad SMARTS) is 1. The lowest BCUT2D eigenvalue weighted by atomic mass is 10.0. The number of aliphatic carboxylic acids is 1. The van der Waals surface area contributed by atoms with E-state index in [2.05, 4.69) is 13.5 Å². The van der Waals surface area contributed by atoms with Gasteiger partial charge in [0.25, 0.3) is 0 Å². The van der Waals surface area contributed by atoms with E-state index in [0.29, 0.717) is 12.0 Å². The first-order chi connectivity index (χ1) is 20.7. The lowest BCUT2D eigenvalue weighted by Gasteiger charge is -2.05. The van der Waals surface area contributed by atoms with E-state index < -0.39 is 5.97 Å². The zero-order valence-electron chi connectivity index (χ0n) is 29.0. The molecule has 0 aliphatic heterocycles. The van der Waals surface area contributed by atoms with Crippen molar-refractivity contribution in [2.24, 2.45) is 0 Å². The second-order valence-corrected chi connectivity index (χ2v) is 13.7. The highest BCUT2D eigenvalue weighted by molar-refractivity contribution is 5.85. The third kappa shape index (κ3) is 35.4. The first-order valence-electron chi connectivity index (χ1n) is 19.6. The number of unbranched alkanes of at least 4 members (excludes halogenated alkanes) is 34. The van der Waals surface area contributed by atoms with Crippen molar-refractivity contribution in [3.05, 3.63) is 12.2 Å².